The molecule has 1 N–H and O–H groups in total. The van der Waals surface area contributed by atoms with Crippen LogP contribution in [0.4, 0.5) is 23.2 Å². The average molecular weight is 570 g/mol. The summed E-state index contributed by atoms with van der Waals surface area (Å²) in [5.41, 5.74) is -1.48. The van der Waals surface area contributed by atoms with E-state index in [1.54, 1.807) is 12.1 Å². The summed E-state index contributed by atoms with van der Waals surface area (Å²) >= 11 is 0. The van der Waals surface area contributed by atoms with Gasteiger partial charge in [-0.15, -0.1) is 9.35 Å². The molecule has 0 aliphatic carbocycles. The Balaban J connectivity index is 1.51. The van der Waals surface area contributed by atoms with Crippen LogP contribution in [0.15, 0.2) is 72.1 Å². The highest BCUT2D eigenvalue weighted by atomic mass is 32.2. The Morgan fingerprint density at radius 1 is 0.825 bits per heavy atom. The largest absolute Gasteiger partial charge is 0.324 e. The lowest BCUT2D eigenvalue weighted by Gasteiger charge is -2.25. The highest BCUT2D eigenvalue weighted by molar-refractivity contribution is 7.86. The normalized spacial score (nSPS) is 13.1. The number of nitrogens with one attached hydrogen (secondary N) is 1. The molecular formula is C27H14F4N2O6S. The topological polar surface area (TPSA) is 110 Å². The Morgan fingerprint density at radius 3 is 1.85 bits per heavy atom. The number of amides is 3. The van der Waals surface area contributed by atoms with Gasteiger partial charge in [-0.05, 0) is 35.2 Å². The smallest absolute Gasteiger partial charge is 0.322 e. The quantitative estimate of drug-likeness (QED) is 0.194. The molecule has 0 saturated carbocycles. The summed E-state index contributed by atoms with van der Waals surface area (Å²) in [7, 11) is -5.90. The van der Waals surface area contributed by atoms with Crippen molar-refractivity contribution in [1.82, 2.24) is 5.06 Å². The predicted molar refractivity (Wildman–Crippen MR) is 133 cm³/mol. The summed E-state index contributed by atoms with van der Waals surface area (Å²) in [6.45, 7) is 3.53. The number of carbonyl (C=O) groups excluding carboxylic acids is 3. The van der Waals surface area contributed by atoms with Gasteiger partial charge in [0.2, 0.25) is 0 Å². The first-order valence-electron chi connectivity index (χ1n) is 11.2. The van der Waals surface area contributed by atoms with Crippen LogP contribution in [0.5, 0.6) is 0 Å². The third-order valence-corrected chi connectivity index (χ3v) is 7.22. The van der Waals surface area contributed by atoms with Crippen LogP contribution in [-0.4, -0.2) is 31.2 Å². The molecule has 0 fully saturated rings. The monoisotopic (exact) mass is 570 g/mol. The van der Waals surface area contributed by atoms with Crippen LogP contribution in [0.1, 0.15) is 36.6 Å². The van der Waals surface area contributed by atoms with Gasteiger partial charge in [0.05, 0.1) is 11.1 Å². The van der Waals surface area contributed by atoms with Gasteiger partial charge >= 0.3 is 10.1 Å². The fourth-order valence-electron chi connectivity index (χ4n) is 4.14. The third kappa shape index (κ3) is 4.21. The zero-order chi connectivity index (χ0) is 28.9. The van der Waals surface area contributed by atoms with Gasteiger partial charge in [-0.1, -0.05) is 49.1 Å². The van der Waals surface area contributed by atoms with Gasteiger partial charge in [-0.25, -0.2) is 17.6 Å². The van der Waals surface area contributed by atoms with E-state index in [4.69, 9.17) is 0 Å². The number of rotatable bonds is 6. The van der Waals surface area contributed by atoms with Crippen LogP contribution in [0.2, 0.25) is 0 Å². The van der Waals surface area contributed by atoms with Gasteiger partial charge in [0, 0.05) is 11.1 Å². The van der Waals surface area contributed by atoms with E-state index < -0.39 is 61.6 Å². The number of imide groups is 1. The van der Waals surface area contributed by atoms with Crippen LogP contribution in [0, 0.1) is 23.3 Å². The fourth-order valence-corrected chi connectivity index (χ4v) is 5.16. The molecule has 13 heteroatoms. The van der Waals surface area contributed by atoms with Crippen LogP contribution in [0.3, 0.4) is 0 Å². The minimum absolute atomic E-state index is 0.00679. The average Bonchev–Trinajstić information content (AvgIpc) is 2.93. The SMILES string of the molecule is C=Cc1ccc(NC(=O)c2c(F)c(F)c(S(=O)(=O)ON3C(=O)c4cccc5cccc(c45)C3=O)c(F)c2F)cc1. The molecule has 1 heterocycles. The maximum atomic E-state index is 14.9. The van der Waals surface area contributed by atoms with E-state index in [2.05, 4.69) is 10.9 Å². The second-order valence-corrected chi connectivity index (χ2v) is 9.85. The minimum Gasteiger partial charge on any atom is -0.322 e. The van der Waals surface area contributed by atoms with Crippen LogP contribution < -0.4 is 5.32 Å². The molecule has 1 aliphatic heterocycles. The molecule has 0 aromatic heterocycles. The second kappa shape index (κ2) is 9.70. The summed E-state index contributed by atoms with van der Waals surface area (Å²) in [5.74, 6) is -14.0. The Labute approximate surface area is 223 Å². The summed E-state index contributed by atoms with van der Waals surface area (Å²) in [4.78, 5) is 36.0. The molecule has 202 valence electrons. The van der Waals surface area contributed by atoms with Gasteiger partial charge in [-0.3, -0.25) is 14.4 Å². The van der Waals surface area contributed by atoms with E-state index in [-0.39, 0.29) is 27.3 Å². The number of nitrogens with zero attached hydrogens (tertiary/aromatic N) is 1. The maximum absolute atomic E-state index is 14.9. The zero-order valence-corrected chi connectivity index (χ0v) is 20.7. The van der Waals surface area contributed by atoms with Crippen molar-refractivity contribution >= 4 is 50.4 Å². The van der Waals surface area contributed by atoms with E-state index >= 15 is 0 Å². The molecule has 0 saturated heterocycles. The van der Waals surface area contributed by atoms with Gasteiger partial charge in [0.15, 0.2) is 28.2 Å². The number of carbonyl (C=O) groups is 3. The molecular weight excluding hydrogens is 556 g/mol. The van der Waals surface area contributed by atoms with Gasteiger partial charge in [-0.2, -0.15) is 8.42 Å². The summed E-state index contributed by atoms with van der Waals surface area (Å²) in [6, 6.07) is 14.1. The van der Waals surface area contributed by atoms with Crippen molar-refractivity contribution in [1.29, 1.82) is 0 Å². The van der Waals surface area contributed by atoms with Crippen molar-refractivity contribution in [3.05, 3.63) is 113 Å². The first-order chi connectivity index (χ1) is 19.0. The van der Waals surface area contributed by atoms with Crippen molar-refractivity contribution < 1.29 is 44.6 Å². The van der Waals surface area contributed by atoms with E-state index in [1.165, 1.54) is 54.6 Å². The van der Waals surface area contributed by atoms with Crippen molar-refractivity contribution in [3.8, 4) is 0 Å². The Bertz CT molecular complexity index is 1810. The maximum Gasteiger partial charge on any atom is 0.324 e. The predicted octanol–water partition coefficient (Wildman–Crippen LogP) is 5.21. The number of benzene rings is 4. The molecule has 4 aromatic rings. The van der Waals surface area contributed by atoms with Crippen LogP contribution >= 0.6 is 0 Å². The Morgan fingerprint density at radius 2 is 1.35 bits per heavy atom. The second-order valence-electron chi connectivity index (χ2n) is 8.38. The molecule has 4 aromatic carbocycles. The highest BCUT2D eigenvalue weighted by Gasteiger charge is 2.42. The van der Waals surface area contributed by atoms with E-state index in [0.717, 1.165) is 0 Å². The molecule has 5 rings (SSSR count). The van der Waals surface area contributed by atoms with Crippen molar-refractivity contribution in [3.63, 3.8) is 0 Å². The number of anilines is 1. The Kier molecular flexibility index (Phi) is 6.48. The standard InChI is InChI=1S/C27H14F4N2O6S/c1-2-13-9-11-15(12-10-13)32-25(34)19-20(28)22(30)24(23(31)21(19)29)40(37,38)39-33-26(35)16-7-3-5-14-6-4-8-17(18(14)16)27(33)36/h2-12H,1H2,(H,32,34). The van der Waals surface area contributed by atoms with E-state index in [1.807, 2.05) is 5.32 Å². The van der Waals surface area contributed by atoms with E-state index in [9.17, 15) is 40.4 Å². The molecule has 1 aliphatic rings. The zero-order valence-electron chi connectivity index (χ0n) is 19.9. The van der Waals surface area contributed by atoms with Crippen LogP contribution in [-0.2, 0) is 14.4 Å². The lowest BCUT2D eigenvalue weighted by atomic mass is 9.95. The van der Waals surface area contributed by atoms with Gasteiger partial charge in [0.25, 0.3) is 17.7 Å². The summed E-state index contributed by atoms with van der Waals surface area (Å²) in [5, 5.41) is 2.40. The third-order valence-electron chi connectivity index (χ3n) is 6.01. The van der Waals surface area contributed by atoms with Crippen LogP contribution in [0.25, 0.3) is 16.8 Å². The molecule has 0 bridgehead atoms. The first-order valence-corrected chi connectivity index (χ1v) is 12.6. The first kappa shape index (κ1) is 26.7. The number of halogens is 4. The van der Waals surface area contributed by atoms with Crippen molar-refractivity contribution in [2.24, 2.45) is 0 Å². The van der Waals surface area contributed by atoms with Crippen molar-refractivity contribution in [2.45, 2.75) is 4.90 Å². The number of hydrogen-bond donors (Lipinski definition) is 1. The molecule has 40 heavy (non-hydrogen) atoms. The highest BCUT2D eigenvalue weighted by Crippen LogP contribution is 2.34. The fraction of sp³-hybridized carbons (Fsp3) is 0. The van der Waals surface area contributed by atoms with E-state index in [0.29, 0.717) is 10.9 Å². The number of hydroxylamine groups is 2. The summed E-state index contributed by atoms with van der Waals surface area (Å²) < 4.78 is 89.7. The molecule has 3 amide bonds. The Hall–Kier alpha value is -4.88. The van der Waals surface area contributed by atoms with Gasteiger partial charge < -0.3 is 5.32 Å². The number of hydrogen-bond acceptors (Lipinski definition) is 6. The molecule has 8 nitrogen and oxygen atoms in total. The van der Waals surface area contributed by atoms with Crippen molar-refractivity contribution in [2.75, 3.05) is 5.32 Å². The summed E-state index contributed by atoms with van der Waals surface area (Å²) in [6.07, 6.45) is 1.47. The lowest BCUT2D eigenvalue weighted by Crippen LogP contribution is -2.42. The minimum atomic E-state index is -5.90. The molecule has 0 unspecified atom stereocenters. The molecule has 0 atom stereocenters. The molecule has 0 radical (unpaired) electrons. The molecule has 0 spiro atoms. The van der Waals surface area contributed by atoms with Gasteiger partial charge in [0.1, 0.15) is 5.56 Å². The lowest BCUT2D eigenvalue weighted by molar-refractivity contribution is -0.0158.